The van der Waals surface area contributed by atoms with Gasteiger partial charge < -0.3 is 9.88 Å². The van der Waals surface area contributed by atoms with Crippen molar-refractivity contribution in [1.82, 2.24) is 19.9 Å². The Hall–Kier alpha value is -2.47. The first kappa shape index (κ1) is 14.5. The van der Waals surface area contributed by atoms with Crippen LogP contribution < -0.4 is 5.32 Å². The minimum atomic E-state index is -0.143. The van der Waals surface area contributed by atoms with Crippen LogP contribution in [0.4, 0.5) is 0 Å². The number of hydrogen-bond acceptors (Lipinski definition) is 4. The first-order valence-electron chi connectivity index (χ1n) is 7.08. The van der Waals surface area contributed by atoms with Gasteiger partial charge in [0.2, 0.25) is 0 Å². The fraction of sp³-hybridized carbons (Fsp3) is 0.188. The molecule has 6 heteroatoms. The number of hydrogen-bond donors (Lipinski definition) is 1. The third-order valence-corrected chi connectivity index (χ3v) is 4.44. The van der Waals surface area contributed by atoms with Crippen molar-refractivity contribution in [1.29, 1.82) is 0 Å². The predicted molar refractivity (Wildman–Crippen MR) is 86.2 cm³/mol. The van der Waals surface area contributed by atoms with E-state index < -0.39 is 0 Å². The van der Waals surface area contributed by atoms with E-state index in [2.05, 4.69) is 15.3 Å². The van der Waals surface area contributed by atoms with Crippen molar-refractivity contribution >= 4 is 17.2 Å². The second-order valence-corrected chi connectivity index (χ2v) is 5.82. The molecule has 3 aromatic rings. The minimum Gasteiger partial charge on any atom is -0.347 e. The highest BCUT2D eigenvalue weighted by molar-refractivity contribution is 7.14. The number of pyridine rings is 1. The molecule has 0 aliphatic rings. The Morgan fingerprint density at radius 2 is 2.14 bits per heavy atom. The van der Waals surface area contributed by atoms with E-state index in [1.165, 1.54) is 0 Å². The predicted octanol–water partition coefficient (Wildman–Crippen LogP) is 2.82. The van der Waals surface area contributed by atoms with Crippen LogP contribution in [-0.4, -0.2) is 20.4 Å². The maximum Gasteiger partial charge on any atom is 0.271 e. The van der Waals surface area contributed by atoms with Gasteiger partial charge in [-0.05, 0) is 30.2 Å². The van der Waals surface area contributed by atoms with Crippen LogP contribution in [0.25, 0.3) is 5.13 Å². The molecule has 3 rings (SSSR count). The van der Waals surface area contributed by atoms with E-state index in [9.17, 15) is 4.79 Å². The van der Waals surface area contributed by atoms with E-state index >= 15 is 0 Å². The topological polar surface area (TPSA) is 59.8 Å². The molecule has 3 heterocycles. The number of rotatable bonds is 5. The standard InChI is InChI=1S/C16H16N4OS/c1-2-13-14(19-16(22-13)20-8-3-4-9-20)15(21)18-11-12-6-5-7-17-10-12/h3-10H,2,11H2,1H3,(H,18,21). The molecule has 0 aliphatic heterocycles. The molecule has 112 valence electrons. The highest BCUT2D eigenvalue weighted by atomic mass is 32.1. The summed E-state index contributed by atoms with van der Waals surface area (Å²) in [6.45, 7) is 2.48. The monoisotopic (exact) mass is 312 g/mol. The molecule has 0 radical (unpaired) electrons. The molecule has 0 aliphatic carbocycles. The number of nitrogens with one attached hydrogen (secondary N) is 1. The summed E-state index contributed by atoms with van der Waals surface area (Å²) < 4.78 is 1.92. The summed E-state index contributed by atoms with van der Waals surface area (Å²) in [7, 11) is 0. The quantitative estimate of drug-likeness (QED) is 0.788. The Bertz CT molecular complexity index is 750. The zero-order chi connectivity index (χ0) is 15.4. The molecule has 22 heavy (non-hydrogen) atoms. The lowest BCUT2D eigenvalue weighted by molar-refractivity contribution is 0.0945. The molecule has 0 aromatic carbocycles. The van der Waals surface area contributed by atoms with Crippen molar-refractivity contribution in [2.24, 2.45) is 0 Å². The summed E-state index contributed by atoms with van der Waals surface area (Å²) in [4.78, 5) is 21.9. The summed E-state index contributed by atoms with van der Waals surface area (Å²) in [5, 5.41) is 3.72. The van der Waals surface area contributed by atoms with Gasteiger partial charge in [-0.1, -0.05) is 13.0 Å². The lowest BCUT2D eigenvalue weighted by Gasteiger charge is -2.04. The van der Waals surface area contributed by atoms with Crippen molar-refractivity contribution in [3.63, 3.8) is 0 Å². The van der Waals surface area contributed by atoms with Gasteiger partial charge >= 0.3 is 0 Å². The fourth-order valence-electron chi connectivity index (χ4n) is 2.10. The number of carbonyl (C=O) groups is 1. The molecule has 3 aromatic heterocycles. The second kappa shape index (κ2) is 6.53. The van der Waals surface area contributed by atoms with Gasteiger partial charge in [-0.15, -0.1) is 11.3 Å². The highest BCUT2D eigenvalue weighted by Gasteiger charge is 2.17. The van der Waals surface area contributed by atoms with Gasteiger partial charge in [0.15, 0.2) is 5.13 Å². The molecule has 5 nitrogen and oxygen atoms in total. The van der Waals surface area contributed by atoms with Crippen LogP contribution in [0, 0.1) is 0 Å². The van der Waals surface area contributed by atoms with Crippen LogP contribution in [0.3, 0.4) is 0 Å². The van der Waals surface area contributed by atoms with Gasteiger partial charge in [0.05, 0.1) is 0 Å². The number of amides is 1. The zero-order valence-electron chi connectivity index (χ0n) is 12.2. The molecular weight excluding hydrogens is 296 g/mol. The van der Waals surface area contributed by atoms with E-state index in [-0.39, 0.29) is 5.91 Å². The summed E-state index contributed by atoms with van der Waals surface area (Å²) in [5.74, 6) is -0.143. The molecule has 0 fully saturated rings. The summed E-state index contributed by atoms with van der Waals surface area (Å²) in [6.07, 6.45) is 8.09. The van der Waals surface area contributed by atoms with E-state index in [1.807, 2.05) is 48.1 Å². The van der Waals surface area contributed by atoms with Crippen LogP contribution in [0.2, 0.25) is 0 Å². The largest absolute Gasteiger partial charge is 0.347 e. The molecule has 0 unspecified atom stereocenters. The lowest BCUT2D eigenvalue weighted by Crippen LogP contribution is -2.24. The fourth-order valence-corrected chi connectivity index (χ4v) is 3.06. The number of carbonyl (C=O) groups excluding carboxylic acids is 1. The smallest absolute Gasteiger partial charge is 0.271 e. The van der Waals surface area contributed by atoms with Gasteiger partial charge in [-0.3, -0.25) is 9.78 Å². The van der Waals surface area contributed by atoms with E-state index in [4.69, 9.17) is 0 Å². The van der Waals surface area contributed by atoms with Crippen molar-refractivity contribution < 1.29 is 4.79 Å². The van der Waals surface area contributed by atoms with Gasteiger partial charge in [-0.25, -0.2) is 4.98 Å². The number of thiazole rings is 1. The maximum absolute atomic E-state index is 12.4. The Balaban J connectivity index is 1.77. The molecule has 1 N–H and O–H groups in total. The molecule has 0 bridgehead atoms. The average molecular weight is 312 g/mol. The Morgan fingerprint density at radius 3 is 2.82 bits per heavy atom. The van der Waals surface area contributed by atoms with Gasteiger partial charge in [0, 0.05) is 36.2 Å². The molecule has 1 amide bonds. The number of aromatic nitrogens is 3. The lowest BCUT2D eigenvalue weighted by atomic mass is 10.2. The molecule has 0 saturated carbocycles. The average Bonchev–Trinajstić information content (AvgIpc) is 3.22. The molecule has 0 saturated heterocycles. The Kier molecular flexibility index (Phi) is 4.29. The third-order valence-electron chi connectivity index (χ3n) is 3.22. The van der Waals surface area contributed by atoms with Gasteiger partial charge in [-0.2, -0.15) is 0 Å². The van der Waals surface area contributed by atoms with Crippen LogP contribution in [0.1, 0.15) is 27.9 Å². The first-order chi connectivity index (χ1) is 10.8. The van der Waals surface area contributed by atoms with Crippen molar-refractivity contribution in [3.8, 4) is 5.13 Å². The highest BCUT2D eigenvalue weighted by Crippen LogP contribution is 2.22. The number of aryl methyl sites for hydroxylation is 1. The van der Waals surface area contributed by atoms with Crippen LogP contribution in [0.5, 0.6) is 0 Å². The zero-order valence-corrected chi connectivity index (χ0v) is 13.0. The molecule has 0 spiro atoms. The molecule has 0 atom stereocenters. The second-order valence-electron chi connectivity index (χ2n) is 4.76. The maximum atomic E-state index is 12.4. The first-order valence-corrected chi connectivity index (χ1v) is 7.89. The van der Waals surface area contributed by atoms with Crippen LogP contribution >= 0.6 is 11.3 Å². The van der Waals surface area contributed by atoms with E-state index in [0.29, 0.717) is 12.2 Å². The Morgan fingerprint density at radius 1 is 1.32 bits per heavy atom. The minimum absolute atomic E-state index is 0.143. The summed E-state index contributed by atoms with van der Waals surface area (Å²) in [6, 6.07) is 7.66. The van der Waals surface area contributed by atoms with Crippen LogP contribution in [0.15, 0.2) is 49.1 Å². The van der Waals surface area contributed by atoms with Crippen molar-refractivity contribution in [3.05, 3.63) is 65.2 Å². The van der Waals surface area contributed by atoms with E-state index in [0.717, 1.165) is 22.0 Å². The number of nitrogens with zero attached hydrogens (tertiary/aromatic N) is 3. The normalized spacial score (nSPS) is 10.6. The van der Waals surface area contributed by atoms with E-state index in [1.54, 1.807) is 23.7 Å². The summed E-state index contributed by atoms with van der Waals surface area (Å²) in [5.41, 5.74) is 1.48. The van der Waals surface area contributed by atoms with Crippen molar-refractivity contribution in [2.45, 2.75) is 19.9 Å². The van der Waals surface area contributed by atoms with Crippen LogP contribution in [-0.2, 0) is 13.0 Å². The van der Waals surface area contributed by atoms with Gasteiger partial charge in [0.1, 0.15) is 5.69 Å². The van der Waals surface area contributed by atoms with Crippen molar-refractivity contribution in [2.75, 3.05) is 0 Å². The summed E-state index contributed by atoms with van der Waals surface area (Å²) >= 11 is 1.55. The third kappa shape index (κ3) is 3.07. The SMILES string of the molecule is CCc1sc(-n2cccc2)nc1C(=O)NCc1cccnc1. The van der Waals surface area contributed by atoms with Gasteiger partial charge in [0.25, 0.3) is 5.91 Å². The molecular formula is C16H16N4OS. The Labute approximate surface area is 132 Å².